The molecule has 0 heterocycles. The van der Waals surface area contributed by atoms with E-state index in [4.69, 9.17) is 4.74 Å². The van der Waals surface area contributed by atoms with Gasteiger partial charge >= 0.3 is 5.97 Å². The van der Waals surface area contributed by atoms with E-state index in [1.54, 1.807) is 6.08 Å². The molecule has 374 valence electrons. The van der Waals surface area contributed by atoms with Crippen LogP contribution in [0.4, 0.5) is 0 Å². The average Bonchev–Trinajstić information content (AvgIpc) is 3.31. The van der Waals surface area contributed by atoms with Crippen LogP contribution in [0, 0.1) is 0 Å². The fourth-order valence-electron chi connectivity index (χ4n) is 7.31. The predicted molar refractivity (Wildman–Crippen MR) is 286 cm³/mol. The van der Waals surface area contributed by atoms with E-state index in [-0.39, 0.29) is 31.3 Å². The number of amides is 1. The molecule has 0 aliphatic heterocycles. The Morgan fingerprint density at radius 3 is 1.23 bits per heavy atom. The first-order valence-corrected chi connectivity index (χ1v) is 26.8. The van der Waals surface area contributed by atoms with Gasteiger partial charge < -0.3 is 20.3 Å². The van der Waals surface area contributed by atoms with Crippen LogP contribution in [-0.2, 0) is 14.3 Å². The molecule has 0 radical (unpaired) electrons. The fourth-order valence-corrected chi connectivity index (χ4v) is 7.31. The monoisotopic (exact) mass is 914 g/mol. The molecule has 0 aromatic carbocycles. The molecule has 0 aliphatic rings. The molecule has 0 aliphatic carbocycles. The van der Waals surface area contributed by atoms with Gasteiger partial charge in [0.15, 0.2) is 0 Å². The Kier molecular flexibility index (Phi) is 49.3. The minimum absolute atomic E-state index is 0.0759. The van der Waals surface area contributed by atoms with E-state index in [2.05, 4.69) is 135 Å². The number of aliphatic hydroxyl groups excluding tert-OH is 2. The molecule has 0 rings (SSSR count). The molecule has 0 spiro atoms. The van der Waals surface area contributed by atoms with Crippen LogP contribution >= 0.6 is 0 Å². The van der Waals surface area contributed by atoms with Crippen molar-refractivity contribution in [3.63, 3.8) is 0 Å². The highest BCUT2D eigenvalue weighted by molar-refractivity contribution is 5.78. The van der Waals surface area contributed by atoms with Gasteiger partial charge in [-0.2, -0.15) is 0 Å². The topological polar surface area (TPSA) is 95.9 Å². The Hall–Kier alpha value is -3.74. The summed E-state index contributed by atoms with van der Waals surface area (Å²) in [6.45, 7) is 6.20. The maximum atomic E-state index is 13.2. The predicted octanol–water partition coefficient (Wildman–Crippen LogP) is 16.5. The zero-order valence-electron chi connectivity index (χ0n) is 42.5. The summed E-state index contributed by atoms with van der Waals surface area (Å²) in [7, 11) is 0. The number of allylic oxidation sites excluding steroid dienone is 19. The number of ether oxygens (including phenoxy) is 1. The first-order chi connectivity index (χ1) is 32.5. The van der Waals surface area contributed by atoms with Crippen molar-refractivity contribution in [3.05, 3.63) is 122 Å². The van der Waals surface area contributed by atoms with Gasteiger partial charge in [-0.1, -0.05) is 239 Å². The molecule has 0 aromatic rings. The van der Waals surface area contributed by atoms with Gasteiger partial charge in [-0.05, 0) is 89.5 Å². The summed E-state index contributed by atoms with van der Waals surface area (Å²) in [6, 6.07) is -0.762. The first-order valence-electron chi connectivity index (χ1n) is 26.8. The lowest BCUT2D eigenvalue weighted by Crippen LogP contribution is -2.46. The third-order valence-electron chi connectivity index (χ3n) is 11.3. The van der Waals surface area contributed by atoms with Gasteiger partial charge in [0, 0.05) is 6.42 Å². The van der Waals surface area contributed by atoms with Crippen molar-refractivity contribution in [3.8, 4) is 0 Å². The molecule has 0 fully saturated rings. The van der Waals surface area contributed by atoms with Crippen LogP contribution in [0.25, 0.3) is 0 Å². The van der Waals surface area contributed by atoms with E-state index >= 15 is 0 Å². The second kappa shape index (κ2) is 52.2. The van der Waals surface area contributed by atoms with Gasteiger partial charge in [-0.15, -0.1) is 0 Å². The minimum atomic E-state index is -0.837. The Balaban J connectivity index is 4.79. The number of unbranched alkanes of at least 4 members (excludes halogenated alkanes) is 16. The Labute approximate surface area is 406 Å². The zero-order chi connectivity index (χ0) is 48.1. The number of nitrogens with one attached hydrogen (secondary N) is 1. The van der Waals surface area contributed by atoms with E-state index in [1.165, 1.54) is 83.5 Å². The first kappa shape index (κ1) is 62.3. The molecule has 66 heavy (non-hydrogen) atoms. The van der Waals surface area contributed by atoms with Crippen molar-refractivity contribution >= 4 is 11.9 Å². The highest BCUT2D eigenvalue weighted by Crippen LogP contribution is 2.16. The molecule has 0 saturated heterocycles. The number of esters is 1. The Morgan fingerprint density at radius 2 is 0.833 bits per heavy atom. The molecule has 3 unspecified atom stereocenters. The van der Waals surface area contributed by atoms with Crippen LogP contribution in [0.5, 0.6) is 0 Å². The fraction of sp³-hybridized carbons (Fsp3) is 0.633. The lowest BCUT2D eigenvalue weighted by molar-refractivity contribution is -0.148. The average molecular weight is 914 g/mol. The van der Waals surface area contributed by atoms with E-state index in [9.17, 15) is 19.8 Å². The molecular formula is C60H99NO5. The summed E-state index contributed by atoms with van der Waals surface area (Å²) < 4.78 is 5.80. The second-order valence-corrected chi connectivity index (χ2v) is 17.5. The summed E-state index contributed by atoms with van der Waals surface area (Å²) in [4.78, 5) is 26.1. The van der Waals surface area contributed by atoms with Gasteiger partial charge in [-0.25, -0.2) is 0 Å². The third-order valence-corrected chi connectivity index (χ3v) is 11.3. The lowest BCUT2D eigenvalue weighted by Gasteiger charge is -2.23. The van der Waals surface area contributed by atoms with E-state index in [0.29, 0.717) is 19.3 Å². The molecule has 3 atom stereocenters. The third kappa shape index (κ3) is 46.8. The molecule has 6 nitrogen and oxygen atoms in total. The van der Waals surface area contributed by atoms with Crippen molar-refractivity contribution in [2.45, 2.75) is 238 Å². The summed E-state index contributed by atoms with van der Waals surface area (Å²) in [5.74, 6) is -0.708. The molecule has 1 amide bonds. The van der Waals surface area contributed by atoms with Gasteiger partial charge in [0.2, 0.25) is 5.91 Å². The maximum absolute atomic E-state index is 13.2. The summed E-state index contributed by atoms with van der Waals surface area (Å²) in [5.41, 5.74) is 0. The maximum Gasteiger partial charge on any atom is 0.306 e. The van der Waals surface area contributed by atoms with Gasteiger partial charge in [0.1, 0.15) is 6.10 Å². The van der Waals surface area contributed by atoms with Crippen molar-refractivity contribution in [1.29, 1.82) is 0 Å². The standard InChI is InChI=1S/C60H99NO5/c1-4-7-10-13-16-19-22-25-28-30-32-35-38-41-44-47-50-53-60(65)66-56(51-48-45-42-39-36-33-27-24-21-18-15-12-9-6-3)54-59(64)61-57(55-62)58(63)52-49-46-43-40-37-34-31-29-26-23-20-17-14-11-8-5-2/h7,9-10,12,16,18-19,21,25,27-28,32-33,35,39,41-42,44,48,51,56-58,62-63H,4-6,8,11,13-15,17,20,22-24,26,29-31,34,36-38,40,43,45-47,49-50,52-55H2,1-3H3,(H,61,64)/b10-7-,12-9+,19-16-,21-18+,28-25-,33-27+,35-32-,42-39+,44-41-,51-48+. The zero-order valence-corrected chi connectivity index (χ0v) is 42.5. The molecule has 0 bridgehead atoms. The number of hydrogen-bond acceptors (Lipinski definition) is 5. The molecule has 0 saturated carbocycles. The van der Waals surface area contributed by atoms with Crippen molar-refractivity contribution in [2.75, 3.05) is 6.61 Å². The number of carbonyl (C=O) groups excluding carboxylic acids is 2. The summed E-state index contributed by atoms with van der Waals surface area (Å²) >= 11 is 0. The molecular weight excluding hydrogens is 815 g/mol. The van der Waals surface area contributed by atoms with E-state index in [1.807, 2.05) is 6.08 Å². The quantitative estimate of drug-likeness (QED) is 0.0321. The Bertz CT molecular complexity index is 1390. The highest BCUT2D eigenvalue weighted by Gasteiger charge is 2.23. The largest absolute Gasteiger partial charge is 0.458 e. The Morgan fingerprint density at radius 1 is 0.470 bits per heavy atom. The van der Waals surface area contributed by atoms with Crippen LogP contribution in [0.3, 0.4) is 0 Å². The molecule has 3 N–H and O–H groups in total. The van der Waals surface area contributed by atoms with Crippen molar-refractivity contribution in [2.24, 2.45) is 0 Å². The van der Waals surface area contributed by atoms with Gasteiger partial charge in [0.25, 0.3) is 0 Å². The number of aliphatic hydroxyl groups is 2. The van der Waals surface area contributed by atoms with Crippen LogP contribution in [-0.4, -0.2) is 46.9 Å². The highest BCUT2D eigenvalue weighted by atomic mass is 16.5. The molecule has 0 aromatic heterocycles. The second-order valence-electron chi connectivity index (χ2n) is 17.5. The SMILES string of the molecule is CC/C=C\C/C=C\C/C=C\C/C=C\C/C=C\CCCC(=O)OC(/C=C/C/C=C/C/C=C/C/C=C/C/C=C/CC)CC(=O)NC(CO)C(O)CCCCCCCCCCCCCCCCCC. The summed E-state index contributed by atoms with van der Waals surface area (Å²) in [6.07, 6.45) is 72.9. The van der Waals surface area contributed by atoms with Gasteiger partial charge in [0.05, 0.1) is 25.2 Å². The van der Waals surface area contributed by atoms with E-state index in [0.717, 1.165) is 83.5 Å². The van der Waals surface area contributed by atoms with Crippen LogP contribution in [0.15, 0.2) is 122 Å². The number of hydrogen-bond donors (Lipinski definition) is 3. The van der Waals surface area contributed by atoms with Crippen LogP contribution < -0.4 is 5.32 Å². The number of rotatable bonds is 46. The van der Waals surface area contributed by atoms with Crippen LogP contribution in [0.2, 0.25) is 0 Å². The van der Waals surface area contributed by atoms with Gasteiger partial charge in [-0.3, -0.25) is 9.59 Å². The van der Waals surface area contributed by atoms with Crippen molar-refractivity contribution < 1.29 is 24.5 Å². The summed E-state index contributed by atoms with van der Waals surface area (Å²) in [5, 5.41) is 23.7. The van der Waals surface area contributed by atoms with Crippen LogP contribution in [0.1, 0.15) is 220 Å². The van der Waals surface area contributed by atoms with E-state index < -0.39 is 18.2 Å². The smallest absolute Gasteiger partial charge is 0.306 e. The van der Waals surface area contributed by atoms with Crippen molar-refractivity contribution in [1.82, 2.24) is 5.32 Å². The molecule has 6 heteroatoms. The number of carbonyl (C=O) groups is 2. The minimum Gasteiger partial charge on any atom is -0.458 e. The lowest BCUT2D eigenvalue weighted by atomic mass is 10.0. The normalized spacial score (nSPS) is 14.2.